The van der Waals surface area contributed by atoms with Crippen LogP contribution in [0.1, 0.15) is 26.5 Å². The molecule has 4 rings (SSSR count). The van der Waals surface area contributed by atoms with Gasteiger partial charge in [0.25, 0.3) is 0 Å². The van der Waals surface area contributed by atoms with E-state index in [9.17, 15) is 24.5 Å². The van der Waals surface area contributed by atoms with Crippen LogP contribution in [0.4, 0.5) is 10.6 Å². The molecule has 212 valence electrons. The molecule has 2 saturated heterocycles. The van der Waals surface area contributed by atoms with Gasteiger partial charge in [-0.2, -0.15) is 9.97 Å². The van der Waals surface area contributed by atoms with Gasteiger partial charge in [0.2, 0.25) is 12.1 Å². The smallest absolute Gasteiger partial charge is 0.432 e. The number of nitrogens with zero attached hydrogens (tertiary/aromatic N) is 4. The third-order valence-electron chi connectivity index (χ3n) is 5.58. The van der Waals surface area contributed by atoms with Gasteiger partial charge in [0.15, 0.2) is 23.2 Å². The molecule has 0 bridgehead atoms. The van der Waals surface area contributed by atoms with E-state index in [1.165, 1.54) is 10.9 Å². The first-order valence-corrected chi connectivity index (χ1v) is 13.8. The summed E-state index contributed by atoms with van der Waals surface area (Å²) in [6.07, 6.45) is -5.13. The number of anilines is 1. The maximum atomic E-state index is 12.1. The predicted octanol–water partition coefficient (Wildman–Crippen LogP) is 0.995. The summed E-state index contributed by atoms with van der Waals surface area (Å²) >= 11 is 6.12. The van der Waals surface area contributed by atoms with Crippen molar-refractivity contribution >= 4 is 42.3 Å². The third kappa shape index (κ3) is 7.08. The lowest BCUT2D eigenvalue weighted by molar-refractivity contribution is -0.0626. The molecule has 2 aliphatic rings. The van der Waals surface area contributed by atoms with Crippen LogP contribution in [0.5, 0.6) is 0 Å². The molecule has 2 fully saturated rings. The Kier molecular flexibility index (Phi) is 9.39. The number of carbonyl (C=O) groups excluding carboxylic acids is 1. The molecule has 2 aromatic heterocycles. The van der Waals surface area contributed by atoms with Crippen molar-refractivity contribution in [2.24, 2.45) is 0 Å². The summed E-state index contributed by atoms with van der Waals surface area (Å²) in [5, 5.41) is 24.3. The lowest BCUT2D eigenvalue weighted by Gasteiger charge is -2.17. The SMILES string of the molecule is CC(C)OC(=O)OCOP(=O)(O)COC[C@H]1O[C@@H](n2cnc3c(N[C@H]4CCOC4)nc(Cl)nc32)[C@H](O)[C@@H]1O. The largest absolute Gasteiger partial charge is 0.510 e. The van der Waals surface area contributed by atoms with Crippen LogP contribution in [-0.2, 0) is 32.8 Å². The van der Waals surface area contributed by atoms with Gasteiger partial charge >= 0.3 is 13.8 Å². The minimum atomic E-state index is -4.31. The van der Waals surface area contributed by atoms with E-state index >= 15 is 0 Å². The van der Waals surface area contributed by atoms with E-state index in [0.717, 1.165) is 6.42 Å². The molecule has 0 amide bonds. The average Bonchev–Trinajstić information content (AvgIpc) is 3.55. The van der Waals surface area contributed by atoms with E-state index in [-0.39, 0.29) is 23.6 Å². The maximum absolute atomic E-state index is 12.1. The van der Waals surface area contributed by atoms with Crippen LogP contribution < -0.4 is 5.32 Å². The summed E-state index contributed by atoms with van der Waals surface area (Å²) in [5.74, 6) is 0.391. The highest BCUT2D eigenvalue weighted by Crippen LogP contribution is 2.42. The number of aliphatic hydroxyl groups is 2. The molecule has 4 heterocycles. The zero-order chi connectivity index (χ0) is 27.4. The molecule has 2 aromatic rings. The summed E-state index contributed by atoms with van der Waals surface area (Å²) < 4.78 is 43.7. The molecule has 18 heteroatoms. The van der Waals surface area contributed by atoms with Gasteiger partial charge in [0, 0.05) is 6.61 Å². The number of halogens is 1. The zero-order valence-corrected chi connectivity index (χ0v) is 22.2. The highest BCUT2D eigenvalue weighted by molar-refractivity contribution is 7.52. The fourth-order valence-corrected chi connectivity index (χ4v) is 4.61. The van der Waals surface area contributed by atoms with Gasteiger partial charge in [0.1, 0.15) is 24.7 Å². The van der Waals surface area contributed by atoms with Gasteiger partial charge in [-0.1, -0.05) is 0 Å². The number of hydrogen-bond acceptors (Lipinski definition) is 14. The Morgan fingerprint density at radius 2 is 2.13 bits per heavy atom. The van der Waals surface area contributed by atoms with Gasteiger partial charge in [-0.15, -0.1) is 0 Å². The lowest BCUT2D eigenvalue weighted by atomic mass is 10.1. The number of aromatic nitrogens is 4. The molecule has 1 unspecified atom stereocenters. The number of rotatable bonds is 11. The summed E-state index contributed by atoms with van der Waals surface area (Å²) in [7, 11) is -4.31. The highest BCUT2D eigenvalue weighted by Gasteiger charge is 2.45. The molecule has 6 atom stereocenters. The molecule has 0 aliphatic carbocycles. The molecular weight excluding hydrogens is 553 g/mol. The monoisotopic (exact) mass is 581 g/mol. The number of nitrogens with one attached hydrogen (secondary N) is 1. The van der Waals surface area contributed by atoms with Crippen LogP contribution in [0.25, 0.3) is 11.2 Å². The number of fused-ring (bicyclic) bond motifs is 1. The first kappa shape index (κ1) is 28.9. The second kappa shape index (κ2) is 12.4. The molecule has 4 N–H and O–H groups in total. The van der Waals surface area contributed by atoms with Crippen molar-refractivity contribution < 1.29 is 52.7 Å². The Balaban J connectivity index is 1.34. The van der Waals surface area contributed by atoms with E-state index in [4.69, 9.17) is 30.5 Å². The number of carbonyl (C=O) groups is 1. The molecular formula is C20H29ClN5O11P. The van der Waals surface area contributed by atoms with Crippen LogP contribution in [0, 0.1) is 0 Å². The summed E-state index contributed by atoms with van der Waals surface area (Å²) in [6.45, 7) is 3.15. The predicted molar refractivity (Wildman–Crippen MR) is 128 cm³/mol. The number of hydrogen-bond donors (Lipinski definition) is 4. The Bertz CT molecular complexity index is 1160. The fraction of sp³-hybridized carbons (Fsp3) is 0.700. The molecule has 16 nitrogen and oxygen atoms in total. The van der Waals surface area contributed by atoms with Crippen LogP contribution >= 0.6 is 19.2 Å². The van der Waals surface area contributed by atoms with E-state index in [2.05, 4.69) is 29.5 Å². The fourth-order valence-electron chi connectivity index (χ4n) is 3.82. The van der Waals surface area contributed by atoms with Crippen molar-refractivity contribution in [3.05, 3.63) is 11.6 Å². The second-order valence-electron chi connectivity index (χ2n) is 8.86. The molecule has 2 aliphatic heterocycles. The van der Waals surface area contributed by atoms with Crippen LogP contribution in [0.2, 0.25) is 5.28 Å². The Morgan fingerprint density at radius 3 is 2.84 bits per heavy atom. The standard InChI is InChI=1S/C20H29ClN5O11P/c1-10(2)36-20(29)34-8-35-38(30,31)9-33-6-12-14(27)15(28)18(37-12)26-7-22-13-16(23-11-3-4-32-5-11)24-19(21)25-17(13)26/h7,10-12,14-15,18,27-28H,3-6,8-9H2,1-2H3,(H,30,31)(H,23,24,25)/t11-,12+,14+,15+,18+/m0/s1. The van der Waals surface area contributed by atoms with E-state index in [1.807, 2.05) is 0 Å². The van der Waals surface area contributed by atoms with Crippen molar-refractivity contribution in [1.29, 1.82) is 0 Å². The second-order valence-corrected chi connectivity index (χ2v) is 11.0. The third-order valence-corrected chi connectivity index (χ3v) is 6.76. The minimum absolute atomic E-state index is 0.0258. The summed E-state index contributed by atoms with van der Waals surface area (Å²) in [5.41, 5.74) is 0.637. The van der Waals surface area contributed by atoms with Crippen molar-refractivity contribution in [3.63, 3.8) is 0 Å². The van der Waals surface area contributed by atoms with Crippen molar-refractivity contribution in [2.75, 3.05) is 38.3 Å². The number of imidazole rings is 1. The van der Waals surface area contributed by atoms with Gasteiger partial charge in [-0.05, 0) is 31.9 Å². The Hall–Kier alpha value is -2.14. The first-order chi connectivity index (χ1) is 18.0. The summed E-state index contributed by atoms with van der Waals surface area (Å²) in [4.78, 5) is 33.9. The molecule has 0 radical (unpaired) electrons. The molecule has 0 aromatic carbocycles. The Labute approximate surface area is 221 Å². The topological polar surface area (TPSA) is 206 Å². The Morgan fingerprint density at radius 1 is 1.34 bits per heavy atom. The van der Waals surface area contributed by atoms with E-state index in [0.29, 0.717) is 24.5 Å². The average molecular weight is 582 g/mol. The molecule has 0 spiro atoms. The molecule has 0 saturated carbocycles. The quantitative estimate of drug-likeness (QED) is 0.126. The van der Waals surface area contributed by atoms with Crippen LogP contribution in [0.3, 0.4) is 0 Å². The number of aliphatic hydroxyl groups excluding tert-OH is 2. The van der Waals surface area contributed by atoms with E-state index in [1.54, 1.807) is 13.8 Å². The van der Waals surface area contributed by atoms with Crippen molar-refractivity contribution in [2.45, 2.75) is 57.0 Å². The maximum Gasteiger partial charge on any atom is 0.510 e. The van der Waals surface area contributed by atoms with Gasteiger partial charge in [-0.25, -0.2) is 9.78 Å². The molecule has 38 heavy (non-hydrogen) atoms. The van der Waals surface area contributed by atoms with Crippen molar-refractivity contribution in [1.82, 2.24) is 19.5 Å². The number of ether oxygens (including phenoxy) is 5. The van der Waals surface area contributed by atoms with Crippen LogP contribution in [-0.4, -0.2) is 104 Å². The van der Waals surface area contributed by atoms with Crippen LogP contribution in [0.15, 0.2) is 6.33 Å². The first-order valence-electron chi connectivity index (χ1n) is 11.7. The van der Waals surface area contributed by atoms with Gasteiger partial charge in [-0.3, -0.25) is 13.7 Å². The minimum Gasteiger partial charge on any atom is -0.432 e. The van der Waals surface area contributed by atoms with Gasteiger partial charge < -0.3 is 44.1 Å². The summed E-state index contributed by atoms with van der Waals surface area (Å²) in [6, 6.07) is 0.0258. The van der Waals surface area contributed by atoms with Crippen molar-refractivity contribution in [3.8, 4) is 0 Å². The zero-order valence-electron chi connectivity index (χ0n) is 20.5. The van der Waals surface area contributed by atoms with E-state index < -0.39 is 57.5 Å². The lowest BCUT2D eigenvalue weighted by Crippen LogP contribution is -2.34. The highest BCUT2D eigenvalue weighted by atomic mass is 35.5. The van der Waals surface area contributed by atoms with Gasteiger partial charge in [0.05, 0.1) is 31.7 Å². The normalized spacial score (nSPS) is 27.1.